The van der Waals surface area contributed by atoms with Gasteiger partial charge in [-0.15, -0.1) is 0 Å². The number of carbonyl (C=O) groups excluding carboxylic acids is 2. The van der Waals surface area contributed by atoms with Crippen molar-refractivity contribution in [3.8, 4) is 11.5 Å². The van der Waals surface area contributed by atoms with E-state index in [-0.39, 0.29) is 18.9 Å². The maximum absolute atomic E-state index is 13.8. The number of fused-ring (bicyclic) bond motifs is 3. The number of amides is 2. The second-order valence-electron chi connectivity index (χ2n) is 10.2. The van der Waals surface area contributed by atoms with Crippen LogP contribution in [-0.4, -0.2) is 33.4 Å². The summed E-state index contributed by atoms with van der Waals surface area (Å²) < 4.78 is 45.2. The highest BCUT2D eigenvalue weighted by molar-refractivity contribution is 7.89. The lowest BCUT2D eigenvalue weighted by Crippen LogP contribution is -2.32. The number of hydrogen-bond donors (Lipinski definition) is 1. The third-order valence-corrected chi connectivity index (χ3v) is 8.64. The van der Waals surface area contributed by atoms with E-state index >= 15 is 0 Å². The molecule has 0 radical (unpaired) electrons. The van der Waals surface area contributed by atoms with E-state index in [1.807, 2.05) is 38.1 Å². The van der Waals surface area contributed by atoms with Gasteiger partial charge in [0.2, 0.25) is 15.9 Å². The molecule has 1 aromatic heterocycles. The van der Waals surface area contributed by atoms with E-state index in [9.17, 15) is 18.0 Å². The van der Waals surface area contributed by atoms with Gasteiger partial charge < -0.3 is 18.8 Å². The molecule has 6 rings (SSSR count). The molecule has 5 aromatic rings. The molecule has 9 nitrogen and oxygen atoms in total. The van der Waals surface area contributed by atoms with Crippen LogP contribution in [0.4, 0.5) is 5.69 Å². The molecule has 0 aliphatic carbocycles. The normalized spacial score (nSPS) is 13.0. The van der Waals surface area contributed by atoms with Crippen LogP contribution in [0.3, 0.4) is 0 Å². The van der Waals surface area contributed by atoms with E-state index < -0.39 is 21.7 Å². The fraction of sp³-hybridized carbons (Fsp3) is 0.212. The molecule has 0 saturated heterocycles. The quantitative estimate of drug-likeness (QED) is 0.218. The molecule has 10 heteroatoms. The van der Waals surface area contributed by atoms with Crippen LogP contribution in [0.15, 0.2) is 83.5 Å². The number of furan rings is 1. The predicted octanol–water partition coefficient (Wildman–Crippen LogP) is 5.73. The molecule has 4 aromatic carbocycles. The van der Waals surface area contributed by atoms with E-state index in [2.05, 4.69) is 4.72 Å². The second kappa shape index (κ2) is 11.4. The van der Waals surface area contributed by atoms with Gasteiger partial charge in [0, 0.05) is 27.4 Å². The maximum Gasteiger partial charge on any atom is 0.262 e. The molecular formula is C33H30N2O7S. The summed E-state index contributed by atoms with van der Waals surface area (Å²) in [7, 11) is -3.96. The fourth-order valence-electron chi connectivity index (χ4n) is 5.60. The Kier molecular flexibility index (Phi) is 7.53. The summed E-state index contributed by atoms with van der Waals surface area (Å²) in [4.78, 5) is 28.0. The number of carbonyl (C=O) groups is 2. The fourth-order valence-corrected chi connectivity index (χ4v) is 6.72. The summed E-state index contributed by atoms with van der Waals surface area (Å²) in [6, 6.07) is 21.5. The molecule has 1 aliphatic rings. The van der Waals surface area contributed by atoms with E-state index in [0.29, 0.717) is 52.7 Å². The molecule has 0 spiro atoms. The van der Waals surface area contributed by atoms with Crippen LogP contribution >= 0.6 is 0 Å². The third kappa shape index (κ3) is 5.41. The molecule has 2 heterocycles. The van der Waals surface area contributed by atoms with Crippen molar-refractivity contribution in [3.63, 3.8) is 0 Å². The smallest absolute Gasteiger partial charge is 0.262 e. The van der Waals surface area contributed by atoms with Crippen LogP contribution < -0.4 is 19.1 Å². The summed E-state index contributed by atoms with van der Waals surface area (Å²) >= 11 is 0. The van der Waals surface area contributed by atoms with Gasteiger partial charge in [0.1, 0.15) is 17.1 Å². The Morgan fingerprint density at radius 2 is 1.58 bits per heavy atom. The SMILES string of the molecule is CCOc1c2c(c(OCC)c3ccccc13)C(=O)N(c1ccc(CS(=O)(=O)NC(=O)Cc3cccc4occc34)cc1)C2. The summed E-state index contributed by atoms with van der Waals surface area (Å²) in [5, 5.41) is 2.45. The summed E-state index contributed by atoms with van der Waals surface area (Å²) in [6.07, 6.45) is 1.42. The highest BCUT2D eigenvalue weighted by Crippen LogP contribution is 2.46. The minimum atomic E-state index is -3.96. The standard InChI is InChI=1S/C33H30N2O7S/c1-3-40-31-25-9-5-6-10-26(25)32(41-4-2)30-27(31)19-35(33(30)37)23-14-12-21(13-15-23)20-43(38,39)34-29(36)18-22-8-7-11-28-24(22)16-17-42-28/h5-17H,3-4,18-20H2,1-2H3,(H,34,36). The molecule has 0 saturated carbocycles. The zero-order valence-corrected chi connectivity index (χ0v) is 24.6. The van der Waals surface area contributed by atoms with Crippen LogP contribution in [0.1, 0.15) is 40.9 Å². The van der Waals surface area contributed by atoms with Gasteiger partial charge in [0.05, 0.1) is 43.8 Å². The number of nitrogens with zero attached hydrogens (tertiary/aromatic N) is 1. The predicted molar refractivity (Wildman–Crippen MR) is 164 cm³/mol. The summed E-state index contributed by atoms with van der Waals surface area (Å²) in [5.74, 6) is -0.0440. The number of ether oxygens (including phenoxy) is 2. The van der Waals surface area contributed by atoms with Gasteiger partial charge >= 0.3 is 0 Å². The van der Waals surface area contributed by atoms with Gasteiger partial charge in [-0.3, -0.25) is 14.3 Å². The molecule has 220 valence electrons. The molecule has 43 heavy (non-hydrogen) atoms. The first-order valence-electron chi connectivity index (χ1n) is 14.0. The Morgan fingerprint density at radius 3 is 2.30 bits per heavy atom. The van der Waals surface area contributed by atoms with Gasteiger partial charge in [-0.1, -0.05) is 48.5 Å². The minimum absolute atomic E-state index is 0.102. The van der Waals surface area contributed by atoms with Gasteiger partial charge in [0.15, 0.2) is 0 Å². The Hall–Kier alpha value is -4.83. The van der Waals surface area contributed by atoms with E-state index in [1.165, 1.54) is 6.26 Å². The number of benzene rings is 4. The topological polar surface area (TPSA) is 115 Å². The number of hydrogen-bond acceptors (Lipinski definition) is 7. The van der Waals surface area contributed by atoms with Crippen molar-refractivity contribution in [2.45, 2.75) is 32.6 Å². The summed E-state index contributed by atoms with van der Waals surface area (Å²) in [6.45, 7) is 4.91. The van der Waals surface area contributed by atoms with E-state index in [0.717, 1.165) is 21.7 Å². The average Bonchev–Trinajstić information content (AvgIpc) is 3.60. The molecule has 0 unspecified atom stereocenters. The zero-order valence-electron chi connectivity index (χ0n) is 23.8. The molecule has 0 atom stereocenters. The molecule has 1 aliphatic heterocycles. The number of sulfonamides is 1. The first-order chi connectivity index (χ1) is 20.8. The van der Waals surface area contributed by atoms with Crippen LogP contribution in [0.5, 0.6) is 11.5 Å². The van der Waals surface area contributed by atoms with E-state index in [1.54, 1.807) is 53.4 Å². The zero-order chi connectivity index (χ0) is 30.1. The van der Waals surface area contributed by atoms with Crippen LogP contribution in [0.2, 0.25) is 0 Å². The van der Waals surface area contributed by atoms with Gasteiger partial charge in [-0.25, -0.2) is 8.42 Å². The Labute approximate surface area is 249 Å². The maximum atomic E-state index is 13.8. The molecule has 0 fully saturated rings. The highest BCUT2D eigenvalue weighted by atomic mass is 32.2. The van der Waals surface area contributed by atoms with Gasteiger partial charge in [-0.05, 0) is 49.2 Å². The third-order valence-electron chi connectivity index (χ3n) is 7.38. The minimum Gasteiger partial charge on any atom is -0.493 e. The van der Waals surface area contributed by atoms with Crippen molar-refractivity contribution < 1.29 is 31.9 Å². The van der Waals surface area contributed by atoms with Crippen molar-refractivity contribution >= 4 is 49.3 Å². The molecule has 1 N–H and O–H groups in total. The molecular weight excluding hydrogens is 568 g/mol. The monoisotopic (exact) mass is 598 g/mol. The lowest BCUT2D eigenvalue weighted by atomic mass is 9.99. The van der Waals surface area contributed by atoms with Crippen molar-refractivity contribution in [1.29, 1.82) is 0 Å². The number of nitrogens with one attached hydrogen (secondary N) is 1. The van der Waals surface area contributed by atoms with Crippen molar-refractivity contribution in [3.05, 3.63) is 101 Å². The first-order valence-corrected chi connectivity index (χ1v) is 15.7. The Morgan fingerprint density at radius 1 is 0.884 bits per heavy atom. The largest absolute Gasteiger partial charge is 0.493 e. The molecule has 2 amide bonds. The van der Waals surface area contributed by atoms with Gasteiger partial charge in [0.25, 0.3) is 5.91 Å². The average molecular weight is 599 g/mol. The first kappa shape index (κ1) is 28.3. The van der Waals surface area contributed by atoms with Crippen molar-refractivity contribution in [2.24, 2.45) is 0 Å². The highest BCUT2D eigenvalue weighted by Gasteiger charge is 2.36. The summed E-state index contributed by atoms with van der Waals surface area (Å²) in [5.41, 5.74) is 3.62. The lowest BCUT2D eigenvalue weighted by Gasteiger charge is -2.16. The van der Waals surface area contributed by atoms with Crippen LogP contribution in [-0.2, 0) is 33.5 Å². The molecule has 0 bridgehead atoms. The number of rotatable bonds is 10. The lowest BCUT2D eigenvalue weighted by molar-refractivity contribution is -0.118. The van der Waals surface area contributed by atoms with Crippen LogP contribution in [0.25, 0.3) is 21.7 Å². The number of anilines is 1. The Bertz CT molecular complexity index is 1960. The van der Waals surface area contributed by atoms with Crippen molar-refractivity contribution in [1.82, 2.24) is 4.72 Å². The van der Waals surface area contributed by atoms with E-state index in [4.69, 9.17) is 13.9 Å². The van der Waals surface area contributed by atoms with Crippen molar-refractivity contribution in [2.75, 3.05) is 18.1 Å². The van der Waals surface area contributed by atoms with Crippen LogP contribution in [0, 0.1) is 0 Å². The second-order valence-corrected chi connectivity index (χ2v) is 11.9. The van der Waals surface area contributed by atoms with Gasteiger partial charge in [-0.2, -0.15) is 0 Å². The Balaban J connectivity index is 1.20.